The van der Waals surface area contributed by atoms with Gasteiger partial charge in [-0.1, -0.05) is 30.3 Å². The summed E-state index contributed by atoms with van der Waals surface area (Å²) >= 11 is 1.38. The van der Waals surface area contributed by atoms with Crippen LogP contribution >= 0.6 is 11.5 Å². The minimum atomic E-state index is -0.243. The van der Waals surface area contributed by atoms with Crippen molar-refractivity contribution in [3.63, 3.8) is 0 Å². The van der Waals surface area contributed by atoms with E-state index >= 15 is 0 Å². The summed E-state index contributed by atoms with van der Waals surface area (Å²) in [6.07, 6.45) is 0.581. The van der Waals surface area contributed by atoms with Crippen LogP contribution in [-0.4, -0.2) is 45.8 Å². The molecule has 0 radical (unpaired) electrons. The zero-order chi connectivity index (χ0) is 20.4. The van der Waals surface area contributed by atoms with Gasteiger partial charge in [0.25, 0.3) is 5.91 Å². The highest BCUT2D eigenvalue weighted by atomic mass is 32.1. The highest BCUT2D eigenvalue weighted by molar-refractivity contribution is 7.09. The number of aromatic nitrogens is 2. The van der Waals surface area contributed by atoms with E-state index < -0.39 is 0 Å². The Balaban J connectivity index is 1.41. The summed E-state index contributed by atoms with van der Waals surface area (Å²) in [6, 6.07) is 14.2. The number of nitrogens with zero attached hydrogens (tertiary/aromatic N) is 4. The summed E-state index contributed by atoms with van der Waals surface area (Å²) in [4.78, 5) is 21.8. The first-order valence-electron chi connectivity index (χ1n) is 9.70. The average molecular weight is 411 g/mol. The first-order chi connectivity index (χ1) is 14.0. The molecule has 1 saturated heterocycles. The molecule has 0 aliphatic carbocycles. The summed E-state index contributed by atoms with van der Waals surface area (Å²) in [6.45, 7) is 6.15. The molecule has 0 unspecified atom stereocenters. The zero-order valence-electron chi connectivity index (χ0n) is 16.5. The van der Waals surface area contributed by atoms with Crippen LogP contribution in [0.4, 0.5) is 9.52 Å². The number of carbonyl (C=O) groups is 1. The Morgan fingerprint density at radius 3 is 2.66 bits per heavy atom. The van der Waals surface area contributed by atoms with Crippen LogP contribution in [0.25, 0.3) is 0 Å². The third-order valence-corrected chi connectivity index (χ3v) is 6.08. The number of benzene rings is 2. The second kappa shape index (κ2) is 8.29. The summed E-state index contributed by atoms with van der Waals surface area (Å²) < 4.78 is 17.5. The van der Waals surface area contributed by atoms with Crippen LogP contribution in [0.15, 0.2) is 48.5 Å². The van der Waals surface area contributed by atoms with E-state index in [0.717, 1.165) is 40.7 Å². The molecule has 3 aromatic rings. The maximum atomic E-state index is 13.1. The standard InChI is InChI=1S/C22H23FN4OS/c1-15-5-3-4-6-19(15)21(28)27-12-11-26(14-16(27)2)22-24-20(25-29-22)13-17-7-9-18(23)10-8-17/h3-10,16H,11-14H2,1-2H3/t16-/m0/s1. The van der Waals surface area contributed by atoms with Crippen molar-refractivity contribution in [1.82, 2.24) is 14.3 Å². The predicted octanol–water partition coefficient (Wildman–Crippen LogP) is 3.93. The van der Waals surface area contributed by atoms with Gasteiger partial charge in [0.1, 0.15) is 11.6 Å². The lowest BCUT2D eigenvalue weighted by atomic mass is 10.1. The van der Waals surface area contributed by atoms with E-state index in [9.17, 15) is 9.18 Å². The second-order valence-corrected chi connectivity index (χ2v) is 8.14. The van der Waals surface area contributed by atoms with Crippen molar-refractivity contribution in [2.75, 3.05) is 24.5 Å². The fraction of sp³-hybridized carbons (Fsp3) is 0.318. The van der Waals surface area contributed by atoms with Crippen molar-refractivity contribution in [3.8, 4) is 0 Å². The van der Waals surface area contributed by atoms with Gasteiger partial charge < -0.3 is 9.80 Å². The number of aryl methyl sites for hydroxylation is 1. The first-order valence-corrected chi connectivity index (χ1v) is 10.5. The highest BCUT2D eigenvalue weighted by Gasteiger charge is 2.30. The van der Waals surface area contributed by atoms with Gasteiger partial charge in [-0.25, -0.2) is 9.37 Å². The average Bonchev–Trinajstić information content (AvgIpc) is 3.18. The van der Waals surface area contributed by atoms with E-state index in [4.69, 9.17) is 0 Å². The molecule has 2 aromatic carbocycles. The number of halogens is 1. The lowest BCUT2D eigenvalue weighted by Crippen LogP contribution is -2.54. The van der Waals surface area contributed by atoms with Gasteiger partial charge in [0.15, 0.2) is 0 Å². The van der Waals surface area contributed by atoms with Gasteiger partial charge in [-0.3, -0.25) is 4.79 Å². The first kappa shape index (κ1) is 19.5. The van der Waals surface area contributed by atoms with Crippen LogP contribution < -0.4 is 4.90 Å². The molecule has 29 heavy (non-hydrogen) atoms. The molecular formula is C22H23FN4OS. The number of hydrogen-bond acceptors (Lipinski definition) is 5. The Morgan fingerprint density at radius 2 is 1.93 bits per heavy atom. The molecule has 150 valence electrons. The number of carbonyl (C=O) groups excluding carboxylic acids is 1. The van der Waals surface area contributed by atoms with Gasteiger partial charge in [0, 0.05) is 49.2 Å². The maximum absolute atomic E-state index is 13.1. The molecule has 1 aliphatic rings. The van der Waals surface area contributed by atoms with Crippen molar-refractivity contribution in [3.05, 3.63) is 76.9 Å². The molecule has 4 rings (SSSR count). The summed E-state index contributed by atoms with van der Waals surface area (Å²) in [5.74, 6) is 0.583. The van der Waals surface area contributed by atoms with E-state index in [1.54, 1.807) is 12.1 Å². The topological polar surface area (TPSA) is 49.3 Å². The van der Waals surface area contributed by atoms with Crippen LogP contribution in [-0.2, 0) is 6.42 Å². The minimum Gasteiger partial charge on any atom is -0.343 e. The van der Waals surface area contributed by atoms with E-state index in [-0.39, 0.29) is 17.8 Å². The lowest BCUT2D eigenvalue weighted by Gasteiger charge is -2.39. The molecule has 1 aliphatic heterocycles. The monoisotopic (exact) mass is 410 g/mol. The Bertz CT molecular complexity index is 1000. The molecular weight excluding hydrogens is 387 g/mol. The second-order valence-electron chi connectivity index (χ2n) is 7.40. The molecule has 1 amide bonds. The predicted molar refractivity (Wildman–Crippen MR) is 113 cm³/mol. The van der Waals surface area contributed by atoms with E-state index in [1.807, 2.05) is 36.1 Å². The van der Waals surface area contributed by atoms with E-state index in [1.165, 1.54) is 23.7 Å². The largest absolute Gasteiger partial charge is 0.343 e. The van der Waals surface area contributed by atoms with Crippen LogP contribution in [0, 0.1) is 12.7 Å². The normalized spacial score (nSPS) is 16.9. The van der Waals surface area contributed by atoms with Crippen molar-refractivity contribution in [2.24, 2.45) is 0 Å². The summed E-state index contributed by atoms with van der Waals surface area (Å²) in [5.41, 5.74) is 2.75. The molecule has 5 nitrogen and oxygen atoms in total. The van der Waals surface area contributed by atoms with Crippen LogP contribution in [0.5, 0.6) is 0 Å². The SMILES string of the molecule is Cc1ccccc1C(=O)N1CCN(c2nc(Cc3ccc(F)cc3)ns2)C[C@@H]1C. The molecule has 0 bridgehead atoms. The van der Waals surface area contributed by atoms with Gasteiger partial charge in [-0.05, 0) is 43.2 Å². The molecule has 1 atom stereocenters. The van der Waals surface area contributed by atoms with Gasteiger partial charge in [0.2, 0.25) is 5.13 Å². The van der Waals surface area contributed by atoms with Gasteiger partial charge in [-0.2, -0.15) is 4.37 Å². The van der Waals surface area contributed by atoms with Gasteiger partial charge in [-0.15, -0.1) is 0 Å². The number of piperazine rings is 1. The summed E-state index contributed by atoms with van der Waals surface area (Å²) in [7, 11) is 0. The van der Waals surface area contributed by atoms with Crippen LogP contribution in [0.2, 0.25) is 0 Å². The zero-order valence-corrected chi connectivity index (χ0v) is 17.3. The lowest BCUT2D eigenvalue weighted by molar-refractivity contribution is 0.0673. The molecule has 0 N–H and O–H groups in total. The number of rotatable bonds is 4. The molecule has 0 saturated carbocycles. The minimum absolute atomic E-state index is 0.0836. The number of hydrogen-bond donors (Lipinski definition) is 0. The molecule has 7 heteroatoms. The molecule has 0 spiro atoms. The fourth-order valence-corrected chi connectivity index (χ4v) is 4.35. The Morgan fingerprint density at radius 1 is 1.17 bits per heavy atom. The number of anilines is 1. The third kappa shape index (κ3) is 4.29. The van der Waals surface area contributed by atoms with Crippen molar-refractivity contribution >= 4 is 22.6 Å². The fourth-order valence-electron chi connectivity index (χ4n) is 3.63. The van der Waals surface area contributed by atoms with Crippen LogP contribution in [0.3, 0.4) is 0 Å². The maximum Gasteiger partial charge on any atom is 0.254 e. The smallest absolute Gasteiger partial charge is 0.254 e. The van der Waals surface area contributed by atoms with Crippen molar-refractivity contribution in [1.29, 1.82) is 0 Å². The molecule has 1 fully saturated rings. The molecule has 1 aromatic heterocycles. The Kier molecular flexibility index (Phi) is 5.58. The Labute approximate surface area is 174 Å². The van der Waals surface area contributed by atoms with E-state index in [2.05, 4.69) is 21.2 Å². The highest BCUT2D eigenvalue weighted by Crippen LogP contribution is 2.24. The van der Waals surface area contributed by atoms with E-state index in [0.29, 0.717) is 13.0 Å². The quantitative estimate of drug-likeness (QED) is 0.654. The Hall–Kier alpha value is -2.80. The third-order valence-electron chi connectivity index (χ3n) is 5.27. The van der Waals surface area contributed by atoms with Crippen LogP contribution in [0.1, 0.15) is 34.2 Å². The van der Waals surface area contributed by atoms with Gasteiger partial charge >= 0.3 is 0 Å². The van der Waals surface area contributed by atoms with Gasteiger partial charge in [0.05, 0.1) is 0 Å². The molecule has 2 heterocycles. The number of amides is 1. The van der Waals surface area contributed by atoms with Crippen molar-refractivity contribution < 1.29 is 9.18 Å². The summed E-state index contributed by atoms with van der Waals surface area (Å²) in [5, 5.41) is 0.872. The van der Waals surface area contributed by atoms with Crippen molar-refractivity contribution in [2.45, 2.75) is 26.3 Å².